The molecule has 2 aromatic rings. The Hall–Kier alpha value is 0.610. The maximum Gasteiger partial charge on any atom is 0.188 e. The maximum absolute atomic E-state index is 4.33. The van der Waals surface area contributed by atoms with Gasteiger partial charge in [-0.3, -0.25) is 3.59 Å². The average Bonchev–Trinajstić information content (AvgIpc) is 2.38. The molecule has 0 aliphatic carbocycles. The van der Waals surface area contributed by atoms with E-state index in [1.54, 1.807) is 3.59 Å². The summed E-state index contributed by atoms with van der Waals surface area (Å²) in [5, 5.41) is 0. The van der Waals surface area contributed by atoms with E-state index in [4.69, 9.17) is 0 Å². The number of imidazole rings is 1. The first-order valence-corrected chi connectivity index (χ1v) is 6.38. The third-order valence-electron chi connectivity index (χ3n) is 1.63. The molecular weight excluding hydrogens is 432 g/mol. The predicted molar refractivity (Wildman–Crippen MR) is 67.2 cm³/mol. The van der Waals surface area contributed by atoms with Crippen LogP contribution in [0.15, 0.2) is 25.8 Å². The fourth-order valence-corrected chi connectivity index (χ4v) is 2.51. The molecule has 6 heteroatoms. The highest BCUT2D eigenvalue weighted by molar-refractivity contribution is 9.13. The second-order valence-corrected chi connectivity index (χ2v) is 5.46. The number of aromatic nitrogens is 2. The summed E-state index contributed by atoms with van der Waals surface area (Å²) >= 11 is 13.6. The molecular formula is C7H2Br4N2. The molecule has 0 saturated carbocycles. The van der Waals surface area contributed by atoms with E-state index in [-0.39, 0.29) is 0 Å². The Morgan fingerprint density at radius 1 is 1.15 bits per heavy atom. The number of hydrogen-bond donors (Lipinski definition) is 0. The molecule has 0 unspecified atom stereocenters. The number of rotatable bonds is 0. The van der Waals surface area contributed by atoms with Crippen LogP contribution in [0.3, 0.4) is 0 Å². The van der Waals surface area contributed by atoms with Crippen molar-refractivity contribution >= 4 is 75.0 Å². The molecule has 0 bridgehead atoms. The third kappa shape index (κ3) is 1.62. The van der Waals surface area contributed by atoms with Gasteiger partial charge in [-0.15, -0.1) is 0 Å². The summed E-state index contributed by atoms with van der Waals surface area (Å²) in [7, 11) is 0. The molecule has 2 nitrogen and oxygen atoms in total. The lowest BCUT2D eigenvalue weighted by molar-refractivity contribution is 1.22. The van der Waals surface area contributed by atoms with E-state index in [9.17, 15) is 0 Å². The minimum absolute atomic E-state index is 0.751. The van der Waals surface area contributed by atoms with Crippen molar-refractivity contribution in [2.24, 2.45) is 0 Å². The molecule has 13 heavy (non-hydrogen) atoms. The van der Waals surface area contributed by atoms with Gasteiger partial charge in [-0.05, 0) is 59.9 Å². The fourth-order valence-electron chi connectivity index (χ4n) is 1.03. The Bertz CT molecular complexity index is 477. The summed E-state index contributed by atoms with van der Waals surface area (Å²) in [6, 6.07) is 3.95. The van der Waals surface area contributed by atoms with Crippen molar-refractivity contribution in [1.29, 1.82) is 0 Å². The summed E-state index contributed by atoms with van der Waals surface area (Å²) in [6.45, 7) is 0. The Morgan fingerprint density at radius 2 is 1.85 bits per heavy atom. The maximum atomic E-state index is 4.33. The molecule has 1 aromatic heterocycles. The molecule has 0 aliphatic rings. The lowest BCUT2D eigenvalue weighted by Gasteiger charge is -1.96. The molecule has 0 atom stereocenters. The first-order valence-electron chi connectivity index (χ1n) is 3.29. The number of benzene rings is 1. The highest BCUT2D eigenvalue weighted by atomic mass is 79.9. The first kappa shape index (κ1) is 10.1. The van der Waals surface area contributed by atoms with Gasteiger partial charge in [0, 0.05) is 4.47 Å². The minimum Gasteiger partial charge on any atom is -0.252 e. The van der Waals surface area contributed by atoms with E-state index in [0.717, 1.165) is 24.7 Å². The molecule has 68 valence electrons. The number of fused-ring (bicyclic) bond motifs is 1. The van der Waals surface area contributed by atoms with Crippen LogP contribution in [0.25, 0.3) is 11.0 Å². The van der Waals surface area contributed by atoms with Crippen LogP contribution in [0.2, 0.25) is 0 Å². The second kappa shape index (κ2) is 3.64. The van der Waals surface area contributed by atoms with Crippen LogP contribution in [0.5, 0.6) is 0 Å². The topological polar surface area (TPSA) is 17.8 Å². The van der Waals surface area contributed by atoms with Crippen molar-refractivity contribution in [3.63, 3.8) is 0 Å². The molecule has 1 heterocycles. The van der Waals surface area contributed by atoms with Crippen LogP contribution >= 0.6 is 63.9 Å². The van der Waals surface area contributed by atoms with E-state index >= 15 is 0 Å². The Labute approximate surface area is 108 Å². The predicted octanol–water partition coefficient (Wildman–Crippen LogP) is 4.48. The second-order valence-electron chi connectivity index (χ2n) is 2.39. The van der Waals surface area contributed by atoms with Gasteiger partial charge < -0.3 is 0 Å². The normalized spacial score (nSPS) is 11.1. The summed E-state index contributed by atoms with van der Waals surface area (Å²) in [6.07, 6.45) is 0. The SMILES string of the molecule is Brc1ccc2c(nc(Br)n2Br)c1Br. The van der Waals surface area contributed by atoms with Crippen LogP contribution in [-0.2, 0) is 0 Å². The zero-order valence-electron chi connectivity index (χ0n) is 6.06. The van der Waals surface area contributed by atoms with Crippen molar-refractivity contribution in [3.8, 4) is 0 Å². The van der Waals surface area contributed by atoms with Crippen LogP contribution < -0.4 is 0 Å². The van der Waals surface area contributed by atoms with Crippen LogP contribution in [0.4, 0.5) is 0 Å². The Morgan fingerprint density at radius 3 is 2.54 bits per heavy atom. The molecule has 0 fully saturated rings. The average molecular weight is 434 g/mol. The van der Waals surface area contributed by atoms with Crippen molar-refractivity contribution in [1.82, 2.24) is 8.58 Å². The molecule has 2 rings (SSSR count). The van der Waals surface area contributed by atoms with Gasteiger partial charge in [0.15, 0.2) is 4.73 Å². The lowest BCUT2D eigenvalue weighted by atomic mass is 10.3. The van der Waals surface area contributed by atoms with Crippen LogP contribution in [-0.4, -0.2) is 8.58 Å². The van der Waals surface area contributed by atoms with E-state index in [2.05, 4.69) is 68.9 Å². The van der Waals surface area contributed by atoms with Gasteiger partial charge in [0.1, 0.15) is 5.52 Å². The first-order chi connectivity index (χ1) is 6.11. The third-order valence-corrected chi connectivity index (χ3v) is 5.35. The van der Waals surface area contributed by atoms with E-state index < -0.39 is 0 Å². The molecule has 0 aliphatic heterocycles. The van der Waals surface area contributed by atoms with Gasteiger partial charge in [-0.1, -0.05) is 0 Å². The monoisotopic (exact) mass is 430 g/mol. The molecule has 1 aromatic carbocycles. The van der Waals surface area contributed by atoms with Gasteiger partial charge in [-0.2, -0.15) is 0 Å². The van der Waals surface area contributed by atoms with E-state index in [1.807, 2.05) is 12.1 Å². The smallest absolute Gasteiger partial charge is 0.188 e. The van der Waals surface area contributed by atoms with E-state index in [0.29, 0.717) is 0 Å². The van der Waals surface area contributed by atoms with Gasteiger partial charge >= 0.3 is 0 Å². The van der Waals surface area contributed by atoms with Gasteiger partial charge in [0.2, 0.25) is 0 Å². The zero-order valence-corrected chi connectivity index (χ0v) is 12.4. The Kier molecular flexibility index (Phi) is 2.84. The molecule has 0 amide bonds. The molecule has 0 spiro atoms. The molecule has 0 N–H and O–H groups in total. The molecule has 0 saturated heterocycles. The van der Waals surface area contributed by atoms with Crippen molar-refractivity contribution in [2.45, 2.75) is 0 Å². The number of hydrogen-bond acceptors (Lipinski definition) is 1. The van der Waals surface area contributed by atoms with Crippen molar-refractivity contribution < 1.29 is 0 Å². The lowest BCUT2D eigenvalue weighted by Crippen LogP contribution is -1.77. The summed E-state index contributed by atoms with van der Waals surface area (Å²) in [5.41, 5.74) is 1.93. The van der Waals surface area contributed by atoms with Crippen molar-refractivity contribution in [2.75, 3.05) is 0 Å². The standard InChI is InChI=1S/C7H2Br4N2/c8-3-1-2-4-6(5(3)9)12-7(10)13(4)11/h1-2H. The Balaban J connectivity index is 2.94. The van der Waals surface area contributed by atoms with Gasteiger partial charge in [0.25, 0.3) is 0 Å². The van der Waals surface area contributed by atoms with Crippen molar-refractivity contribution in [3.05, 3.63) is 25.8 Å². The highest BCUT2D eigenvalue weighted by Crippen LogP contribution is 2.33. The largest absolute Gasteiger partial charge is 0.252 e. The fraction of sp³-hybridized carbons (Fsp3) is 0. The van der Waals surface area contributed by atoms with Crippen LogP contribution in [0.1, 0.15) is 0 Å². The number of halogens is 4. The zero-order chi connectivity index (χ0) is 9.59. The minimum atomic E-state index is 0.751. The summed E-state index contributed by atoms with van der Waals surface area (Å²) < 4.78 is 4.52. The highest BCUT2D eigenvalue weighted by Gasteiger charge is 2.10. The summed E-state index contributed by atoms with van der Waals surface area (Å²) in [5.74, 6) is 0. The quantitative estimate of drug-likeness (QED) is 0.599. The van der Waals surface area contributed by atoms with Gasteiger partial charge in [0.05, 0.1) is 26.1 Å². The summed E-state index contributed by atoms with van der Waals surface area (Å²) in [4.78, 5) is 4.33. The van der Waals surface area contributed by atoms with Crippen LogP contribution in [0, 0.1) is 0 Å². The molecule has 0 radical (unpaired) electrons. The number of nitrogens with zero attached hydrogens (tertiary/aromatic N) is 2. The van der Waals surface area contributed by atoms with Gasteiger partial charge in [-0.25, -0.2) is 4.98 Å². The van der Waals surface area contributed by atoms with E-state index in [1.165, 1.54) is 0 Å².